The van der Waals surface area contributed by atoms with Crippen molar-refractivity contribution in [3.63, 3.8) is 0 Å². The first-order valence-electron chi connectivity index (χ1n) is 7.11. The first-order valence-corrected chi connectivity index (χ1v) is 7.11. The minimum atomic E-state index is -0.128. The molecule has 1 N–H and O–H groups in total. The lowest BCUT2D eigenvalue weighted by molar-refractivity contribution is -0.126. The Bertz CT molecular complexity index is 663. The van der Waals surface area contributed by atoms with E-state index in [2.05, 4.69) is 10.4 Å². The Labute approximate surface area is 123 Å². The van der Waals surface area contributed by atoms with Crippen LogP contribution in [-0.2, 0) is 24.8 Å². The number of hydrogen-bond acceptors (Lipinski definition) is 3. The molecule has 1 amide bonds. The Morgan fingerprint density at radius 2 is 2.29 bits per heavy atom. The highest BCUT2D eigenvalue weighted by Gasteiger charge is 2.25. The Morgan fingerprint density at radius 1 is 1.48 bits per heavy atom. The van der Waals surface area contributed by atoms with E-state index in [1.807, 2.05) is 44.4 Å². The van der Waals surface area contributed by atoms with Crippen LogP contribution in [0.4, 0.5) is 0 Å². The summed E-state index contributed by atoms with van der Waals surface area (Å²) >= 11 is 0. The number of rotatable bonds is 3. The highest BCUT2D eigenvalue weighted by molar-refractivity contribution is 5.79. The Balaban J connectivity index is 1.61. The molecule has 0 unspecified atom stereocenters. The molecule has 1 aliphatic heterocycles. The fraction of sp³-hybridized carbons (Fsp3) is 0.375. The van der Waals surface area contributed by atoms with Gasteiger partial charge in [0.2, 0.25) is 5.91 Å². The Morgan fingerprint density at radius 3 is 3.05 bits per heavy atom. The number of nitrogens with zero attached hydrogens (tertiary/aromatic N) is 2. The molecule has 0 fully saturated rings. The summed E-state index contributed by atoms with van der Waals surface area (Å²) in [5.74, 6) is 0.800. The quantitative estimate of drug-likeness (QED) is 0.932. The molecule has 1 aliphatic rings. The van der Waals surface area contributed by atoms with Gasteiger partial charge in [0.15, 0.2) is 0 Å². The minimum Gasteiger partial charge on any atom is -0.492 e. The standard InChI is InChI=1S/C16H19N3O2/c1-11-14(9-19(2)18-11)8-17-16(20)13-7-12-5-3-4-6-15(12)21-10-13/h3-6,9,13H,7-8,10H2,1-2H3,(H,17,20)/t13-/m1/s1. The van der Waals surface area contributed by atoms with Gasteiger partial charge in [-0.3, -0.25) is 9.48 Å². The van der Waals surface area contributed by atoms with Gasteiger partial charge in [0.1, 0.15) is 12.4 Å². The molecule has 0 bridgehead atoms. The molecule has 1 atom stereocenters. The summed E-state index contributed by atoms with van der Waals surface area (Å²) in [4.78, 5) is 12.3. The topological polar surface area (TPSA) is 56.2 Å². The van der Waals surface area contributed by atoms with Crippen LogP contribution in [0, 0.1) is 12.8 Å². The van der Waals surface area contributed by atoms with E-state index in [0.717, 1.165) is 29.0 Å². The molecule has 2 heterocycles. The van der Waals surface area contributed by atoms with Gasteiger partial charge in [-0.05, 0) is 25.0 Å². The first-order chi connectivity index (χ1) is 10.1. The molecule has 3 rings (SSSR count). The number of amides is 1. The summed E-state index contributed by atoms with van der Waals surface area (Å²) in [6.07, 6.45) is 2.66. The van der Waals surface area contributed by atoms with E-state index in [0.29, 0.717) is 13.2 Å². The maximum atomic E-state index is 12.3. The van der Waals surface area contributed by atoms with Gasteiger partial charge in [-0.2, -0.15) is 5.10 Å². The smallest absolute Gasteiger partial charge is 0.227 e. The summed E-state index contributed by atoms with van der Waals surface area (Å²) in [7, 11) is 1.88. The van der Waals surface area contributed by atoms with Crippen molar-refractivity contribution in [2.75, 3.05) is 6.61 Å². The van der Waals surface area contributed by atoms with E-state index in [1.54, 1.807) is 4.68 Å². The number of carbonyl (C=O) groups is 1. The zero-order valence-electron chi connectivity index (χ0n) is 12.3. The minimum absolute atomic E-state index is 0.0350. The molecular weight excluding hydrogens is 266 g/mol. The normalized spacial score (nSPS) is 17.0. The number of fused-ring (bicyclic) bond motifs is 1. The number of nitrogens with one attached hydrogen (secondary N) is 1. The van der Waals surface area contributed by atoms with E-state index in [-0.39, 0.29) is 11.8 Å². The summed E-state index contributed by atoms with van der Waals surface area (Å²) in [5, 5.41) is 7.25. The van der Waals surface area contributed by atoms with Crippen LogP contribution in [0.1, 0.15) is 16.8 Å². The van der Waals surface area contributed by atoms with E-state index in [1.165, 1.54) is 0 Å². The van der Waals surface area contributed by atoms with Crippen LogP contribution >= 0.6 is 0 Å². The second-order valence-electron chi connectivity index (χ2n) is 5.45. The average Bonchev–Trinajstić information content (AvgIpc) is 2.82. The highest BCUT2D eigenvalue weighted by Crippen LogP contribution is 2.26. The van der Waals surface area contributed by atoms with Gasteiger partial charge >= 0.3 is 0 Å². The molecule has 1 aromatic carbocycles. The van der Waals surface area contributed by atoms with Crippen molar-refractivity contribution in [1.82, 2.24) is 15.1 Å². The van der Waals surface area contributed by atoms with E-state index >= 15 is 0 Å². The van der Waals surface area contributed by atoms with E-state index in [9.17, 15) is 4.79 Å². The monoisotopic (exact) mass is 285 g/mol. The first kappa shape index (κ1) is 13.7. The number of benzene rings is 1. The molecule has 110 valence electrons. The average molecular weight is 285 g/mol. The van der Waals surface area contributed by atoms with E-state index < -0.39 is 0 Å². The fourth-order valence-corrected chi connectivity index (χ4v) is 2.65. The van der Waals surface area contributed by atoms with Crippen molar-refractivity contribution in [3.05, 3.63) is 47.3 Å². The summed E-state index contributed by atoms with van der Waals surface area (Å²) in [5.41, 5.74) is 3.09. The lowest BCUT2D eigenvalue weighted by Crippen LogP contribution is -2.37. The van der Waals surface area contributed by atoms with Crippen molar-refractivity contribution < 1.29 is 9.53 Å². The molecular formula is C16H19N3O2. The van der Waals surface area contributed by atoms with Crippen molar-refractivity contribution in [2.24, 2.45) is 13.0 Å². The van der Waals surface area contributed by atoms with Gasteiger partial charge in [0.05, 0.1) is 11.6 Å². The molecule has 0 radical (unpaired) electrons. The number of hydrogen-bond donors (Lipinski definition) is 1. The van der Waals surface area contributed by atoms with Crippen LogP contribution < -0.4 is 10.1 Å². The largest absolute Gasteiger partial charge is 0.492 e. The third-order valence-electron chi connectivity index (χ3n) is 3.82. The molecule has 0 spiro atoms. The predicted molar refractivity (Wildman–Crippen MR) is 78.9 cm³/mol. The van der Waals surface area contributed by atoms with Crippen LogP contribution in [0.5, 0.6) is 5.75 Å². The second-order valence-corrected chi connectivity index (χ2v) is 5.45. The van der Waals surface area contributed by atoms with Crippen molar-refractivity contribution in [2.45, 2.75) is 19.9 Å². The number of aryl methyl sites for hydroxylation is 2. The zero-order chi connectivity index (χ0) is 14.8. The molecule has 1 aromatic heterocycles. The molecule has 21 heavy (non-hydrogen) atoms. The third-order valence-corrected chi connectivity index (χ3v) is 3.82. The summed E-state index contributed by atoms with van der Waals surface area (Å²) < 4.78 is 7.42. The van der Waals surface area contributed by atoms with Gasteiger partial charge in [-0.1, -0.05) is 18.2 Å². The lowest BCUT2D eigenvalue weighted by atomic mass is 9.96. The fourth-order valence-electron chi connectivity index (χ4n) is 2.65. The number of para-hydroxylation sites is 1. The Kier molecular flexibility index (Phi) is 3.64. The molecule has 0 saturated carbocycles. The predicted octanol–water partition coefficient (Wildman–Crippen LogP) is 1.60. The van der Waals surface area contributed by atoms with Crippen LogP contribution in [0.15, 0.2) is 30.5 Å². The highest BCUT2D eigenvalue weighted by atomic mass is 16.5. The van der Waals surface area contributed by atoms with Gasteiger partial charge in [0.25, 0.3) is 0 Å². The second kappa shape index (κ2) is 5.60. The van der Waals surface area contributed by atoms with Gasteiger partial charge in [-0.25, -0.2) is 0 Å². The van der Waals surface area contributed by atoms with Crippen molar-refractivity contribution in [3.8, 4) is 5.75 Å². The third kappa shape index (κ3) is 2.91. The van der Waals surface area contributed by atoms with Gasteiger partial charge in [0, 0.05) is 25.4 Å². The molecule has 0 aliphatic carbocycles. The van der Waals surface area contributed by atoms with Crippen molar-refractivity contribution in [1.29, 1.82) is 0 Å². The Hall–Kier alpha value is -2.30. The molecule has 0 saturated heterocycles. The van der Waals surface area contributed by atoms with Gasteiger partial charge < -0.3 is 10.1 Å². The molecule has 2 aromatic rings. The number of aromatic nitrogens is 2. The van der Waals surface area contributed by atoms with Crippen molar-refractivity contribution >= 4 is 5.91 Å². The maximum absolute atomic E-state index is 12.3. The molecule has 5 heteroatoms. The van der Waals surface area contributed by atoms with Crippen LogP contribution in [0.3, 0.4) is 0 Å². The lowest BCUT2D eigenvalue weighted by Gasteiger charge is -2.24. The molecule has 5 nitrogen and oxygen atoms in total. The zero-order valence-corrected chi connectivity index (χ0v) is 12.3. The van der Waals surface area contributed by atoms with Gasteiger partial charge in [-0.15, -0.1) is 0 Å². The maximum Gasteiger partial charge on any atom is 0.227 e. The SMILES string of the molecule is Cc1nn(C)cc1CNC(=O)[C@H]1COc2ccccc2C1. The van der Waals surface area contributed by atoms with Crippen LogP contribution in [0.25, 0.3) is 0 Å². The van der Waals surface area contributed by atoms with Crippen LogP contribution in [-0.4, -0.2) is 22.3 Å². The van der Waals surface area contributed by atoms with Crippen LogP contribution in [0.2, 0.25) is 0 Å². The summed E-state index contributed by atoms with van der Waals surface area (Å²) in [6, 6.07) is 7.88. The number of carbonyl (C=O) groups excluding carboxylic acids is 1. The van der Waals surface area contributed by atoms with E-state index in [4.69, 9.17) is 4.74 Å². The number of ether oxygens (including phenoxy) is 1. The summed E-state index contributed by atoms with van der Waals surface area (Å²) in [6.45, 7) is 2.90.